The van der Waals surface area contributed by atoms with Crippen molar-refractivity contribution in [3.05, 3.63) is 42.0 Å². The van der Waals surface area contributed by atoms with Gasteiger partial charge < -0.3 is 0 Å². The molecule has 1 aliphatic heterocycles. The summed E-state index contributed by atoms with van der Waals surface area (Å²) in [6, 6.07) is 8.60. The number of rotatable bonds is 3. The van der Waals surface area contributed by atoms with Crippen molar-refractivity contribution in [1.29, 1.82) is 0 Å². The van der Waals surface area contributed by atoms with E-state index in [-0.39, 0.29) is 0 Å². The predicted molar refractivity (Wildman–Crippen MR) is 68.7 cm³/mol. The van der Waals surface area contributed by atoms with Gasteiger partial charge in [0.1, 0.15) is 6.54 Å². The normalized spacial score (nSPS) is 15.8. The molecule has 16 heavy (non-hydrogen) atoms. The summed E-state index contributed by atoms with van der Waals surface area (Å²) in [7, 11) is 0. The highest BCUT2D eigenvalue weighted by molar-refractivity contribution is 5.74. The molecule has 1 heterocycles. The molecule has 0 spiro atoms. The van der Waals surface area contributed by atoms with Crippen molar-refractivity contribution in [2.75, 3.05) is 13.1 Å². The van der Waals surface area contributed by atoms with Gasteiger partial charge in [0, 0.05) is 13.3 Å². The second-order valence-corrected chi connectivity index (χ2v) is 4.23. The Morgan fingerprint density at radius 1 is 1.38 bits per heavy atom. The maximum Gasteiger partial charge on any atom is 0.241 e. The highest BCUT2D eigenvalue weighted by Gasteiger charge is 2.13. The molecule has 1 aliphatic rings. The highest BCUT2D eigenvalue weighted by Crippen LogP contribution is 2.07. The van der Waals surface area contributed by atoms with E-state index in [2.05, 4.69) is 47.7 Å². The quantitative estimate of drug-likeness (QED) is 0.764. The van der Waals surface area contributed by atoms with E-state index < -0.39 is 0 Å². The Bertz CT molecular complexity index is 401. The third-order valence-corrected chi connectivity index (χ3v) is 3.05. The van der Waals surface area contributed by atoms with Crippen LogP contribution in [0.25, 0.3) is 6.08 Å². The van der Waals surface area contributed by atoms with Crippen LogP contribution in [0, 0.1) is 0 Å². The van der Waals surface area contributed by atoms with Crippen LogP contribution in [-0.4, -0.2) is 23.5 Å². The van der Waals surface area contributed by atoms with Crippen LogP contribution in [0.3, 0.4) is 0 Å². The van der Waals surface area contributed by atoms with Gasteiger partial charge in [-0.3, -0.25) is 9.89 Å². The van der Waals surface area contributed by atoms with E-state index >= 15 is 0 Å². The van der Waals surface area contributed by atoms with Crippen molar-refractivity contribution in [3.8, 4) is 0 Å². The van der Waals surface area contributed by atoms with Crippen LogP contribution in [0.4, 0.5) is 0 Å². The lowest BCUT2D eigenvalue weighted by Crippen LogP contribution is -2.38. The fourth-order valence-electron chi connectivity index (χ4n) is 2.00. The zero-order valence-electron chi connectivity index (χ0n) is 9.87. The summed E-state index contributed by atoms with van der Waals surface area (Å²) in [5.41, 5.74) is 2.54. The molecule has 0 unspecified atom stereocenters. The Morgan fingerprint density at radius 3 is 2.75 bits per heavy atom. The molecule has 0 bridgehead atoms. The molecule has 0 amide bonds. The Balaban J connectivity index is 2.11. The monoisotopic (exact) mass is 215 g/mol. The second kappa shape index (κ2) is 4.97. The van der Waals surface area contributed by atoms with Crippen LogP contribution in [-0.2, 0) is 6.54 Å². The van der Waals surface area contributed by atoms with Crippen LogP contribution in [0.2, 0.25) is 0 Å². The number of nitrogens with zero attached hydrogens (tertiary/aromatic N) is 1. The van der Waals surface area contributed by atoms with Gasteiger partial charge in [0.15, 0.2) is 0 Å². The maximum atomic E-state index is 3.76. The summed E-state index contributed by atoms with van der Waals surface area (Å²) in [4.78, 5) is 0. The Morgan fingerprint density at radius 2 is 2.12 bits per heavy atom. The second-order valence-electron chi connectivity index (χ2n) is 4.23. The van der Waals surface area contributed by atoms with Gasteiger partial charge in [-0.25, -0.2) is 0 Å². The average molecular weight is 215 g/mol. The first kappa shape index (κ1) is 10.9. The molecule has 0 saturated heterocycles. The first-order chi connectivity index (χ1) is 7.79. The molecular formula is C14H19N2+. The molecule has 2 heteroatoms. The van der Waals surface area contributed by atoms with Gasteiger partial charge in [-0.2, -0.15) is 0 Å². The standard InChI is InChI=1S/C14H18N2/c1-3-13-5-7-14(8-6-13)11-16-10-4-9-15-12(16)2/h3,5-8H,1,4,9-11H2,2H3/p+1. The molecule has 0 radical (unpaired) electrons. The lowest BCUT2D eigenvalue weighted by molar-refractivity contribution is -0.550. The molecule has 1 N–H and O–H groups in total. The zero-order chi connectivity index (χ0) is 11.4. The van der Waals surface area contributed by atoms with Crippen LogP contribution in [0.1, 0.15) is 24.5 Å². The highest BCUT2D eigenvalue weighted by atomic mass is 15.1. The van der Waals surface area contributed by atoms with Gasteiger partial charge in [-0.15, -0.1) is 0 Å². The van der Waals surface area contributed by atoms with Crippen LogP contribution in [0.15, 0.2) is 30.8 Å². The van der Waals surface area contributed by atoms with Crippen molar-refractivity contribution in [2.45, 2.75) is 19.9 Å². The van der Waals surface area contributed by atoms with E-state index in [4.69, 9.17) is 0 Å². The minimum atomic E-state index is 0.996. The van der Waals surface area contributed by atoms with Crippen LogP contribution < -0.4 is 5.32 Å². The van der Waals surface area contributed by atoms with Crippen molar-refractivity contribution in [3.63, 3.8) is 0 Å². The van der Waals surface area contributed by atoms with E-state index in [1.807, 2.05) is 6.08 Å². The molecule has 0 saturated carbocycles. The minimum Gasteiger partial charge on any atom is -0.279 e. The smallest absolute Gasteiger partial charge is 0.241 e. The maximum absolute atomic E-state index is 3.76. The zero-order valence-corrected chi connectivity index (χ0v) is 9.87. The number of nitrogens with one attached hydrogen (secondary N) is 1. The van der Waals surface area contributed by atoms with Gasteiger partial charge in [0.25, 0.3) is 0 Å². The minimum absolute atomic E-state index is 0.996. The van der Waals surface area contributed by atoms with Gasteiger partial charge in [-0.1, -0.05) is 36.9 Å². The van der Waals surface area contributed by atoms with Crippen LogP contribution in [0.5, 0.6) is 0 Å². The summed E-state index contributed by atoms with van der Waals surface area (Å²) in [6.45, 7) is 9.17. The first-order valence-corrected chi connectivity index (χ1v) is 5.83. The van der Waals surface area contributed by atoms with E-state index in [0.717, 1.165) is 19.6 Å². The van der Waals surface area contributed by atoms with Gasteiger partial charge in [-0.05, 0) is 11.1 Å². The van der Waals surface area contributed by atoms with Crippen molar-refractivity contribution in [2.24, 2.45) is 0 Å². The molecule has 84 valence electrons. The molecule has 1 aromatic carbocycles. The predicted octanol–water partition coefficient (Wildman–Crippen LogP) is 2.25. The Labute approximate surface area is 97.3 Å². The van der Waals surface area contributed by atoms with Gasteiger partial charge in [0.2, 0.25) is 5.84 Å². The molecule has 0 aromatic heterocycles. The summed E-state index contributed by atoms with van der Waals surface area (Å²) in [5.74, 6) is 1.29. The topological polar surface area (TPSA) is 15.0 Å². The third-order valence-electron chi connectivity index (χ3n) is 3.05. The lowest BCUT2D eigenvalue weighted by Gasteiger charge is -2.15. The molecule has 1 aromatic rings. The van der Waals surface area contributed by atoms with E-state index in [1.165, 1.54) is 23.4 Å². The largest absolute Gasteiger partial charge is 0.279 e. The Hall–Kier alpha value is -1.57. The average Bonchev–Trinajstić information content (AvgIpc) is 2.33. The number of hydrogen-bond acceptors (Lipinski definition) is 1. The Kier molecular flexibility index (Phi) is 3.40. The van der Waals surface area contributed by atoms with Crippen molar-refractivity contribution >= 4 is 11.9 Å². The molecular weight excluding hydrogens is 196 g/mol. The van der Waals surface area contributed by atoms with E-state index in [0.29, 0.717) is 0 Å². The molecule has 0 aliphatic carbocycles. The van der Waals surface area contributed by atoms with Gasteiger partial charge >= 0.3 is 0 Å². The van der Waals surface area contributed by atoms with E-state index in [1.54, 1.807) is 0 Å². The number of amidine groups is 1. The fraction of sp³-hybridized carbons (Fsp3) is 0.357. The lowest BCUT2D eigenvalue weighted by atomic mass is 10.1. The molecule has 2 nitrogen and oxygen atoms in total. The van der Waals surface area contributed by atoms with Crippen LogP contribution >= 0.6 is 0 Å². The first-order valence-electron chi connectivity index (χ1n) is 5.83. The van der Waals surface area contributed by atoms with Gasteiger partial charge in [0.05, 0.1) is 13.1 Å². The molecule has 0 fully saturated rings. The van der Waals surface area contributed by atoms with Crippen molar-refractivity contribution in [1.82, 2.24) is 5.32 Å². The number of benzene rings is 1. The summed E-state index contributed by atoms with van der Waals surface area (Å²) in [6.07, 6.45) is 3.10. The summed E-state index contributed by atoms with van der Waals surface area (Å²) in [5, 5.41) is 3.40. The SMILES string of the molecule is C=Cc1ccc(C[N+]2=C(C)NCCC2)cc1. The van der Waals surface area contributed by atoms with Crippen molar-refractivity contribution < 1.29 is 4.58 Å². The fourth-order valence-corrected chi connectivity index (χ4v) is 2.00. The molecule has 0 atom stereocenters. The summed E-state index contributed by atoms with van der Waals surface area (Å²) < 4.78 is 2.40. The molecule has 2 rings (SSSR count). The van der Waals surface area contributed by atoms with E-state index in [9.17, 15) is 0 Å². The summed E-state index contributed by atoms with van der Waals surface area (Å²) >= 11 is 0. The number of hydrogen-bond donors (Lipinski definition) is 1. The third kappa shape index (κ3) is 2.51.